The number of carboxylic acids is 1. The maximum atomic E-state index is 11.2. The quantitative estimate of drug-likeness (QED) is 0.859. The maximum Gasteiger partial charge on any atom is 0.326 e. The molecule has 1 aromatic heterocycles. The van der Waals surface area contributed by atoms with Crippen LogP contribution in [0.4, 0.5) is 5.13 Å². The number of anilines is 1. The van der Waals surface area contributed by atoms with Crippen molar-refractivity contribution in [2.24, 2.45) is 0 Å². The molecule has 1 aliphatic heterocycles. The van der Waals surface area contributed by atoms with Crippen molar-refractivity contribution in [3.8, 4) is 0 Å². The van der Waals surface area contributed by atoms with Gasteiger partial charge in [-0.15, -0.1) is 0 Å². The van der Waals surface area contributed by atoms with Crippen LogP contribution in [0.1, 0.15) is 19.2 Å². The van der Waals surface area contributed by atoms with Crippen molar-refractivity contribution < 1.29 is 14.6 Å². The van der Waals surface area contributed by atoms with Crippen LogP contribution in [0.15, 0.2) is 0 Å². The zero-order valence-corrected chi connectivity index (χ0v) is 10.6. The second-order valence-electron chi connectivity index (χ2n) is 3.95. The Morgan fingerprint density at radius 2 is 2.47 bits per heavy atom. The fraction of sp³-hybridized carbons (Fsp3) is 0.700. The van der Waals surface area contributed by atoms with Crippen LogP contribution in [0.5, 0.6) is 0 Å². The van der Waals surface area contributed by atoms with Crippen LogP contribution in [0, 0.1) is 0 Å². The number of hydrogen-bond donors (Lipinski definition) is 1. The summed E-state index contributed by atoms with van der Waals surface area (Å²) in [4.78, 5) is 17.3. The molecule has 0 aliphatic carbocycles. The second kappa shape index (κ2) is 4.97. The molecular weight excluding hydrogens is 242 g/mol. The Morgan fingerprint density at radius 1 is 1.71 bits per heavy atom. The van der Waals surface area contributed by atoms with Crippen molar-refractivity contribution in [3.63, 3.8) is 0 Å². The number of carboxylic acid groups (broad SMARTS) is 1. The van der Waals surface area contributed by atoms with Gasteiger partial charge in [0.05, 0.1) is 6.10 Å². The Kier molecular flexibility index (Phi) is 3.58. The summed E-state index contributed by atoms with van der Waals surface area (Å²) in [7, 11) is 1.60. The maximum absolute atomic E-state index is 11.2. The highest BCUT2D eigenvalue weighted by atomic mass is 32.1. The van der Waals surface area contributed by atoms with Gasteiger partial charge in [0.15, 0.2) is 0 Å². The van der Waals surface area contributed by atoms with Crippen molar-refractivity contribution in [1.82, 2.24) is 9.36 Å². The highest BCUT2D eigenvalue weighted by Crippen LogP contribution is 2.28. The van der Waals surface area contributed by atoms with Gasteiger partial charge in [0.1, 0.15) is 11.9 Å². The first kappa shape index (κ1) is 12.3. The predicted molar refractivity (Wildman–Crippen MR) is 63.5 cm³/mol. The monoisotopic (exact) mass is 257 g/mol. The van der Waals surface area contributed by atoms with Crippen LogP contribution in [-0.2, 0) is 16.0 Å². The van der Waals surface area contributed by atoms with Gasteiger partial charge in [0.25, 0.3) is 0 Å². The van der Waals surface area contributed by atoms with E-state index in [0.717, 1.165) is 12.2 Å². The standard InChI is InChI=1S/C10H15N3O3S/c1-3-8-11-10(17-12-8)13-5-6(16-2)4-7(13)9(14)15/h6-7H,3-5H2,1-2H3,(H,14,15). The summed E-state index contributed by atoms with van der Waals surface area (Å²) in [5, 5.41) is 9.86. The molecule has 17 heavy (non-hydrogen) atoms. The molecular formula is C10H15N3O3S. The summed E-state index contributed by atoms with van der Waals surface area (Å²) in [6, 6.07) is -0.558. The molecule has 0 aromatic carbocycles. The summed E-state index contributed by atoms with van der Waals surface area (Å²) in [6.07, 6.45) is 1.20. The first-order valence-corrected chi connectivity index (χ1v) is 6.27. The molecule has 1 saturated heterocycles. The largest absolute Gasteiger partial charge is 0.480 e. The third-order valence-corrected chi connectivity index (χ3v) is 3.69. The van der Waals surface area contributed by atoms with Gasteiger partial charge in [0, 0.05) is 38.0 Å². The Morgan fingerprint density at radius 3 is 3.00 bits per heavy atom. The molecule has 2 unspecified atom stereocenters. The fourth-order valence-corrected chi connectivity index (χ4v) is 2.73. The summed E-state index contributed by atoms with van der Waals surface area (Å²) in [5.74, 6) is -0.0761. The third kappa shape index (κ3) is 2.39. The molecule has 2 atom stereocenters. The lowest BCUT2D eigenvalue weighted by atomic mass is 10.2. The van der Waals surface area contributed by atoms with E-state index in [1.807, 2.05) is 6.92 Å². The van der Waals surface area contributed by atoms with E-state index in [1.165, 1.54) is 11.5 Å². The lowest BCUT2D eigenvalue weighted by Gasteiger charge is -2.19. The van der Waals surface area contributed by atoms with Gasteiger partial charge in [-0.25, -0.2) is 9.78 Å². The van der Waals surface area contributed by atoms with Gasteiger partial charge >= 0.3 is 5.97 Å². The van der Waals surface area contributed by atoms with Gasteiger partial charge in [-0.3, -0.25) is 0 Å². The van der Waals surface area contributed by atoms with Gasteiger partial charge in [-0.1, -0.05) is 6.92 Å². The Balaban J connectivity index is 2.20. The summed E-state index contributed by atoms with van der Waals surface area (Å²) in [6.45, 7) is 2.54. The molecule has 1 N–H and O–H groups in total. The Hall–Kier alpha value is -1.21. The van der Waals surface area contributed by atoms with Crippen molar-refractivity contribution in [3.05, 3.63) is 5.82 Å². The van der Waals surface area contributed by atoms with Gasteiger partial charge in [-0.2, -0.15) is 4.37 Å². The lowest BCUT2D eigenvalue weighted by Crippen LogP contribution is -2.35. The molecule has 0 bridgehead atoms. The number of aromatic nitrogens is 2. The average Bonchev–Trinajstić information content (AvgIpc) is 2.94. The molecule has 0 radical (unpaired) electrons. The third-order valence-electron chi connectivity index (χ3n) is 2.90. The summed E-state index contributed by atoms with van der Waals surface area (Å²) in [5.41, 5.74) is 0. The van der Waals surface area contributed by atoms with Crippen LogP contribution in [-0.4, -0.2) is 46.2 Å². The predicted octanol–water partition coefficient (Wildman–Crippen LogP) is 0.779. The number of nitrogens with zero attached hydrogens (tertiary/aromatic N) is 3. The number of ether oxygens (including phenoxy) is 1. The molecule has 94 valence electrons. The smallest absolute Gasteiger partial charge is 0.326 e. The molecule has 1 aliphatic rings. The number of methoxy groups -OCH3 is 1. The first-order valence-electron chi connectivity index (χ1n) is 5.50. The van der Waals surface area contributed by atoms with Crippen molar-refractivity contribution in [2.75, 3.05) is 18.6 Å². The normalized spacial score (nSPS) is 24.2. The van der Waals surface area contributed by atoms with Crippen molar-refractivity contribution in [2.45, 2.75) is 31.9 Å². The van der Waals surface area contributed by atoms with E-state index in [9.17, 15) is 9.90 Å². The Labute approximate surface area is 103 Å². The van der Waals surface area contributed by atoms with Crippen molar-refractivity contribution >= 4 is 22.6 Å². The molecule has 1 aromatic rings. The van der Waals surface area contributed by atoms with Crippen LogP contribution in [0.25, 0.3) is 0 Å². The van der Waals surface area contributed by atoms with E-state index >= 15 is 0 Å². The summed E-state index contributed by atoms with van der Waals surface area (Å²) < 4.78 is 9.41. The van der Waals surface area contributed by atoms with Crippen LogP contribution >= 0.6 is 11.5 Å². The zero-order chi connectivity index (χ0) is 12.4. The zero-order valence-electron chi connectivity index (χ0n) is 9.79. The molecule has 0 saturated carbocycles. The molecule has 1 fully saturated rings. The lowest BCUT2D eigenvalue weighted by molar-refractivity contribution is -0.138. The molecule has 0 amide bonds. The minimum absolute atomic E-state index is 0.0509. The number of rotatable bonds is 4. The molecule has 6 nitrogen and oxygen atoms in total. The van der Waals surface area contributed by atoms with Gasteiger partial charge in [-0.05, 0) is 0 Å². The minimum atomic E-state index is -0.835. The average molecular weight is 257 g/mol. The molecule has 2 heterocycles. The highest BCUT2D eigenvalue weighted by Gasteiger charge is 2.38. The van der Waals surface area contributed by atoms with E-state index < -0.39 is 12.0 Å². The molecule has 7 heteroatoms. The molecule has 2 rings (SSSR count). The second-order valence-corrected chi connectivity index (χ2v) is 4.68. The van der Waals surface area contributed by atoms with E-state index in [1.54, 1.807) is 12.0 Å². The highest BCUT2D eigenvalue weighted by molar-refractivity contribution is 7.09. The fourth-order valence-electron chi connectivity index (χ4n) is 1.92. The number of aliphatic carboxylic acids is 1. The van der Waals surface area contributed by atoms with Crippen LogP contribution in [0.2, 0.25) is 0 Å². The number of hydrogen-bond acceptors (Lipinski definition) is 6. The molecule has 0 spiro atoms. The van der Waals surface area contributed by atoms with E-state index in [2.05, 4.69) is 9.36 Å². The van der Waals surface area contributed by atoms with Gasteiger partial charge < -0.3 is 14.7 Å². The summed E-state index contributed by atoms with van der Waals surface area (Å²) >= 11 is 1.25. The SMILES string of the molecule is CCc1nsc(N2CC(OC)CC2C(=O)O)n1. The van der Waals surface area contributed by atoms with Gasteiger partial charge in [0.2, 0.25) is 5.13 Å². The van der Waals surface area contributed by atoms with E-state index in [4.69, 9.17) is 4.74 Å². The van der Waals surface area contributed by atoms with E-state index in [-0.39, 0.29) is 6.10 Å². The minimum Gasteiger partial charge on any atom is -0.480 e. The topological polar surface area (TPSA) is 75.6 Å². The van der Waals surface area contributed by atoms with Crippen LogP contribution in [0.3, 0.4) is 0 Å². The Bertz CT molecular complexity index is 409. The number of carbonyl (C=O) groups is 1. The number of aryl methyl sites for hydroxylation is 1. The van der Waals surface area contributed by atoms with Crippen LogP contribution < -0.4 is 4.90 Å². The van der Waals surface area contributed by atoms with Crippen molar-refractivity contribution in [1.29, 1.82) is 0 Å². The van der Waals surface area contributed by atoms with E-state index in [0.29, 0.717) is 18.1 Å². The first-order chi connectivity index (χ1) is 8.15.